The zero-order chi connectivity index (χ0) is 17.8. The maximum Gasteiger partial charge on any atom is 0.243 e. The van der Waals surface area contributed by atoms with E-state index in [2.05, 4.69) is 31.9 Å². The second-order valence-corrected chi connectivity index (χ2v) is 7.07. The van der Waals surface area contributed by atoms with Crippen molar-refractivity contribution in [2.75, 3.05) is 22.5 Å². The fraction of sp³-hybridized carbons (Fsp3) is 0.263. The molecule has 25 heavy (non-hydrogen) atoms. The quantitative estimate of drug-likeness (QED) is 0.680. The third-order valence-corrected chi connectivity index (χ3v) is 4.64. The van der Waals surface area contributed by atoms with E-state index >= 15 is 0 Å². The van der Waals surface area contributed by atoms with Crippen LogP contribution < -0.4 is 16.0 Å². The summed E-state index contributed by atoms with van der Waals surface area (Å²) in [6, 6.07) is 13.1. The summed E-state index contributed by atoms with van der Waals surface area (Å²) in [4.78, 5) is 24.0. The fourth-order valence-electron chi connectivity index (χ4n) is 2.46. The van der Waals surface area contributed by atoms with Crippen molar-refractivity contribution < 1.29 is 9.59 Å². The predicted molar refractivity (Wildman–Crippen MR) is 104 cm³/mol. The molecule has 0 heterocycles. The molecule has 2 aromatic rings. The summed E-state index contributed by atoms with van der Waals surface area (Å²) in [7, 11) is 0. The Labute approximate surface area is 155 Å². The Bertz CT molecular complexity index is 786. The third-order valence-electron chi connectivity index (χ3n) is 4.11. The Morgan fingerprint density at radius 2 is 1.72 bits per heavy atom. The molecule has 0 aromatic heterocycles. The van der Waals surface area contributed by atoms with Gasteiger partial charge in [-0.3, -0.25) is 9.59 Å². The van der Waals surface area contributed by atoms with Crippen LogP contribution >= 0.6 is 15.9 Å². The molecule has 2 amide bonds. The normalized spacial score (nSPS) is 13.2. The van der Waals surface area contributed by atoms with Gasteiger partial charge in [0.2, 0.25) is 11.8 Å². The first-order valence-electron chi connectivity index (χ1n) is 8.22. The van der Waals surface area contributed by atoms with Gasteiger partial charge in [0.1, 0.15) is 0 Å². The van der Waals surface area contributed by atoms with Crippen LogP contribution in [0.5, 0.6) is 0 Å². The Morgan fingerprint density at radius 3 is 2.40 bits per heavy atom. The summed E-state index contributed by atoms with van der Waals surface area (Å²) < 4.78 is 0.962. The van der Waals surface area contributed by atoms with Crippen molar-refractivity contribution in [2.45, 2.75) is 19.8 Å². The van der Waals surface area contributed by atoms with Gasteiger partial charge in [-0.1, -0.05) is 22.0 Å². The maximum atomic E-state index is 12.1. The smallest absolute Gasteiger partial charge is 0.243 e. The molecule has 2 aromatic carbocycles. The molecule has 0 aliphatic heterocycles. The molecule has 1 fully saturated rings. The first kappa shape index (κ1) is 17.5. The first-order valence-corrected chi connectivity index (χ1v) is 9.02. The summed E-state index contributed by atoms with van der Waals surface area (Å²) in [5.41, 5.74) is 3.29. The first-order chi connectivity index (χ1) is 12.0. The molecule has 3 rings (SSSR count). The van der Waals surface area contributed by atoms with Gasteiger partial charge >= 0.3 is 0 Å². The van der Waals surface area contributed by atoms with Gasteiger partial charge in [0.05, 0.1) is 6.54 Å². The number of benzene rings is 2. The summed E-state index contributed by atoms with van der Waals surface area (Å²) in [5.74, 6) is 0.107. The van der Waals surface area contributed by atoms with Crippen LogP contribution in [0.2, 0.25) is 0 Å². The molecule has 0 radical (unpaired) electrons. The molecule has 0 bridgehead atoms. The van der Waals surface area contributed by atoms with E-state index in [1.54, 1.807) is 0 Å². The molecule has 0 atom stereocenters. The number of anilines is 3. The molecule has 1 aliphatic rings. The maximum absolute atomic E-state index is 12.1. The van der Waals surface area contributed by atoms with E-state index in [9.17, 15) is 9.59 Å². The highest BCUT2D eigenvalue weighted by atomic mass is 79.9. The molecule has 6 heteroatoms. The lowest BCUT2D eigenvalue weighted by Gasteiger charge is -2.14. The molecular formula is C19H20BrN3O2. The minimum absolute atomic E-state index is 0.0771. The van der Waals surface area contributed by atoms with Gasteiger partial charge in [-0.2, -0.15) is 0 Å². The second kappa shape index (κ2) is 7.70. The second-order valence-electron chi connectivity index (χ2n) is 6.15. The van der Waals surface area contributed by atoms with E-state index in [0.29, 0.717) is 0 Å². The minimum atomic E-state index is -0.130. The van der Waals surface area contributed by atoms with Crippen molar-refractivity contribution in [3.05, 3.63) is 52.5 Å². The predicted octanol–water partition coefficient (Wildman–Crippen LogP) is 4.16. The highest BCUT2D eigenvalue weighted by Crippen LogP contribution is 2.31. The Hall–Kier alpha value is -2.34. The van der Waals surface area contributed by atoms with Crippen molar-refractivity contribution in [2.24, 2.45) is 5.92 Å². The van der Waals surface area contributed by atoms with Gasteiger partial charge in [0, 0.05) is 27.5 Å². The van der Waals surface area contributed by atoms with E-state index in [0.717, 1.165) is 39.9 Å². The number of halogens is 1. The van der Waals surface area contributed by atoms with Gasteiger partial charge < -0.3 is 16.0 Å². The molecule has 1 aliphatic carbocycles. The number of nitrogens with one attached hydrogen (secondary N) is 3. The summed E-state index contributed by atoms with van der Waals surface area (Å²) in [6.45, 7) is 2.08. The van der Waals surface area contributed by atoms with Crippen LogP contribution in [0.25, 0.3) is 0 Å². The zero-order valence-electron chi connectivity index (χ0n) is 13.9. The molecule has 3 N–H and O–H groups in total. The van der Waals surface area contributed by atoms with Gasteiger partial charge in [-0.05, 0) is 61.7 Å². The van der Waals surface area contributed by atoms with Gasteiger partial charge in [0.25, 0.3) is 0 Å². The molecule has 0 spiro atoms. The van der Waals surface area contributed by atoms with Crippen molar-refractivity contribution in [3.63, 3.8) is 0 Å². The lowest BCUT2D eigenvalue weighted by molar-refractivity contribution is -0.117. The van der Waals surface area contributed by atoms with Gasteiger partial charge in [-0.15, -0.1) is 0 Å². The average molecular weight is 402 g/mol. The standard InChI is InChI=1S/C19H20BrN3O2/c1-12-16(3-2-4-17(12)23-19(25)13-5-6-13)21-11-18(24)22-15-9-7-14(20)8-10-15/h2-4,7-10,13,21H,5-6,11H2,1H3,(H,22,24)(H,23,25). The lowest BCUT2D eigenvalue weighted by atomic mass is 10.1. The van der Waals surface area contributed by atoms with Gasteiger partial charge in [-0.25, -0.2) is 0 Å². The molecule has 1 saturated carbocycles. The number of hydrogen-bond donors (Lipinski definition) is 3. The van der Waals surface area contributed by atoms with Crippen molar-refractivity contribution in [1.29, 1.82) is 0 Å². The third kappa shape index (κ3) is 4.82. The summed E-state index contributed by atoms with van der Waals surface area (Å²) in [5, 5.41) is 8.93. The van der Waals surface area contributed by atoms with E-state index in [4.69, 9.17) is 0 Å². The largest absolute Gasteiger partial charge is 0.376 e. The van der Waals surface area contributed by atoms with Crippen LogP contribution in [0.15, 0.2) is 46.9 Å². The van der Waals surface area contributed by atoms with E-state index in [-0.39, 0.29) is 24.3 Å². The lowest BCUT2D eigenvalue weighted by Crippen LogP contribution is -2.22. The monoisotopic (exact) mass is 401 g/mol. The number of rotatable bonds is 6. The van der Waals surface area contributed by atoms with Crippen LogP contribution in [-0.2, 0) is 9.59 Å². The van der Waals surface area contributed by atoms with Crippen molar-refractivity contribution in [1.82, 2.24) is 0 Å². The summed E-state index contributed by atoms with van der Waals surface area (Å²) in [6.07, 6.45) is 1.94. The molecule has 0 saturated heterocycles. The summed E-state index contributed by atoms with van der Waals surface area (Å²) >= 11 is 3.36. The SMILES string of the molecule is Cc1c(NCC(=O)Nc2ccc(Br)cc2)cccc1NC(=O)C1CC1. The Morgan fingerprint density at radius 1 is 1.04 bits per heavy atom. The van der Waals surface area contributed by atoms with E-state index in [1.807, 2.05) is 49.4 Å². The fourth-order valence-corrected chi connectivity index (χ4v) is 2.72. The number of hydrogen-bond acceptors (Lipinski definition) is 3. The molecular weight excluding hydrogens is 382 g/mol. The van der Waals surface area contributed by atoms with Crippen LogP contribution in [0, 0.1) is 12.8 Å². The molecule has 5 nitrogen and oxygen atoms in total. The molecule has 0 unspecified atom stereocenters. The van der Waals surface area contributed by atoms with Crippen LogP contribution in [0.3, 0.4) is 0 Å². The van der Waals surface area contributed by atoms with E-state index < -0.39 is 0 Å². The topological polar surface area (TPSA) is 70.2 Å². The minimum Gasteiger partial charge on any atom is -0.376 e. The van der Waals surface area contributed by atoms with Crippen molar-refractivity contribution in [3.8, 4) is 0 Å². The number of amides is 2. The Kier molecular flexibility index (Phi) is 5.38. The van der Waals surface area contributed by atoms with E-state index in [1.165, 1.54) is 0 Å². The number of carbonyl (C=O) groups excluding carboxylic acids is 2. The zero-order valence-corrected chi connectivity index (χ0v) is 15.5. The van der Waals surface area contributed by atoms with Crippen LogP contribution in [0.4, 0.5) is 17.1 Å². The number of carbonyl (C=O) groups is 2. The molecule has 130 valence electrons. The van der Waals surface area contributed by atoms with Crippen LogP contribution in [0.1, 0.15) is 18.4 Å². The van der Waals surface area contributed by atoms with Crippen molar-refractivity contribution >= 4 is 44.8 Å². The average Bonchev–Trinajstić information content (AvgIpc) is 3.43. The highest BCUT2D eigenvalue weighted by Gasteiger charge is 2.29. The Balaban J connectivity index is 1.57. The van der Waals surface area contributed by atoms with Crippen LogP contribution in [-0.4, -0.2) is 18.4 Å². The van der Waals surface area contributed by atoms with Gasteiger partial charge in [0.15, 0.2) is 0 Å². The highest BCUT2D eigenvalue weighted by molar-refractivity contribution is 9.10.